The van der Waals surface area contributed by atoms with Crippen molar-refractivity contribution in [3.05, 3.63) is 17.6 Å². The largest absolute Gasteiger partial charge is 0.481 e. The Morgan fingerprint density at radius 2 is 2.26 bits per heavy atom. The van der Waals surface area contributed by atoms with Crippen molar-refractivity contribution in [2.45, 2.75) is 39.5 Å². The van der Waals surface area contributed by atoms with E-state index in [1.165, 1.54) is 0 Å². The highest BCUT2D eigenvalue weighted by Crippen LogP contribution is 2.25. The summed E-state index contributed by atoms with van der Waals surface area (Å²) in [5.74, 6) is 1.53. The molecule has 0 bridgehead atoms. The summed E-state index contributed by atoms with van der Waals surface area (Å²) in [5, 5.41) is 8.77. The molecule has 1 fully saturated rings. The number of anilines is 1. The molecular formula is C14H21N3O2. The summed E-state index contributed by atoms with van der Waals surface area (Å²) in [5.41, 5.74) is 0.982. The lowest BCUT2D eigenvalue weighted by Gasteiger charge is -2.33. The molecular weight excluding hydrogens is 242 g/mol. The van der Waals surface area contributed by atoms with Crippen molar-refractivity contribution in [3.8, 4) is 0 Å². The molecule has 19 heavy (non-hydrogen) atoms. The zero-order chi connectivity index (χ0) is 13.8. The number of aliphatic carboxylic acids is 1. The van der Waals surface area contributed by atoms with Crippen LogP contribution < -0.4 is 4.90 Å². The van der Waals surface area contributed by atoms with E-state index in [-0.39, 0.29) is 6.42 Å². The van der Waals surface area contributed by atoms with E-state index in [2.05, 4.69) is 14.9 Å². The van der Waals surface area contributed by atoms with Gasteiger partial charge in [-0.25, -0.2) is 9.97 Å². The smallest absolute Gasteiger partial charge is 0.303 e. The predicted octanol–water partition coefficient (Wildman–Crippen LogP) is 2.17. The third-order valence-electron chi connectivity index (χ3n) is 3.56. The molecule has 2 rings (SSSR count). The van der Waals surface area contributed by atoms with Gasteiger partial charge in [0.15, 0.2) is 0 Å². The monoisotopic (exact) mass is 263 g/mol. The van der Waals surface area contributed by atoms with Gasteiger partial charge in [-0.2, -0.15) is 0 Å². The van der Waals surface area contributed by atoms with Crippen LogP contribution in [0.3, 0.4) is 0 Å². The summed E-state index contributed by atoms with van der Waals surface area (Å²) in [7, 11) is 0. The number of carboxylic acids is 1. The second-order valence-electron chi connectivity index (χ2n) is 5.30. The quantitative estimate of drug-likeness (QED) is 0.901. The van der Waals surface area contributed by atoms with Gasteiger partial charge in [0.05, 0.1) is 0 Å². The van der Waals surface area contributed by atoms with Crippen LogP contribution in [0.5, 0.6) is 0 Å². The molecule has 5 heteroatoms. The van der Waals surface area contributed by atoms with E-state index in [1.807, 2.05) is 19.9 Å². The molecule has 2 heterocycles. The summed E-state index contributed by atoms with van der Waals surface area (Å²) in [4.78, 5) is 21.7. The van der Waals surface area contributed by atoms with Gasteiger partial charge in [0, 0.05) is 31.3 Å². The molecule has 1 N–H and O–H groups in total. The molecule has 0 aromatic carbocycles. The fourth-order valence-electron chi connectivity index (χ4n) is 2.70. The highest BCUT2D eigenvalue weighted by Gasteiger charge is 2.21. The molecule has 0 aliphatic carbocycles. The van der Waals surface area contributed by atoms with Crippen molar-refractivity contribution in [2.24, 2.45) is 5.92 Å². The van der Waals surface area contributed by atoms with Crippen LogP contribution in [0.1, 0.15) is 37.2 Å². The van der Waals surface area contributed by atoms with Crippen LogP contribution in [0.25, 0.3) is 0 Å². The van der Waals surface area contributed by atoms with Gasteiger partial charge in [-0.05, 0) is 39.0 Å². The molecule has 0 spiro atoms. The van der Waals surface area contributed by atoms with E-state index in [1.54, 1.807) is 0 Å². The highest BCUT2D eigenvalue weighted by molar-refractivity contribution is 5.66. The van der Waals surface area contributed by atoms with Crippen molar-refractivity contribution in [2.75, 3.05) is 18.0 Å². The zero-order valence-corrected chi connectivity index (χ0v) is 11.6. The number of aromatic nitrogens is 2. The van der Waals surface area contributed by atoms with Crippen molar-refractivity contribution in [1.82, 2.24) is 9.97 Å². The molecule has 1 aliphatic rings. The van der Waals surface area contributed by atoms with Crippen LogP contribution in [0.15, 0.2) is 6.07 Å². The number of piperidine rings is 1. The second kappa shape index (κ2) is 5.99. The number of nitrogens with zero attached hydrogens (tertiary/aromatic N) is 3. The third kappa shape index (κ3) is 3.91. The van der Waals surface area contributed by atoms with E-state index in [0.29, 0.717) is 5.92 Å². The van der Waals surface area contributed by atoms with Gasteiger partial charge in [-0.3, -0.25) is 4.79 Å². The standard InChI is InChI=1S/C14H21N3O2/c1-10-8-13(16-11(2)15-10)17-7-3-4-12(9-17)5-6-14(18)19/h8,12H,3-7,9H2,1-2H3,(H,18,19). The Kier molecular flexibility index (Phi) is 4.35. The van der Waals surface area contributed by atoms with Crippen LogP contribution in [-0.2, 0) is 4.79 Å². The van der Waals surface area contributed by atoms with Crippen molar-refractivity contribution >= 4 is 11.8 Å². The Bertz CT molecular complexity index is 442. The molecule has 1 aromatic heterocycles. The van der Waals surface area contributed by atoms with Gasteiger partial charge >= 0.3 is 5.97 Å². The molecule has 0 radical (unpaired) electrons. The lowest BCUT2D eigenvalue weighted by molar-refractivity contribution is -0.137. The maximum absolute atomic E-state index is 10.6. The first-order chi connectivity index (χ1) is 9.04. The Hall–Kier alpha value is -1.65. The van der Waals surface area contributed by atoms with Gasteiger partial charge in [0.2, 0.25) is 0 Å². The first kappa shape index (κ1) is 13.8. The van der Waals surface area contributed by atoms with E-state index < -0.39 is 5.97 Å². The molecule has 1 atom stereocenters. The topological polar surface area (TPSA) is 66.3 Å². The van der Waals surface area contributed by atoms with Crippen LogP contribution >= 0.6 is 0 Å². The number of carboxylic acid groups (broad SMARTS) is 1. The Labute approximate surface area is 113 Å². The van der Waals surface area contributed by atoms with Crippen LogP contribution in [-0.4, -0.2) is 34.1 Å². The number of aryl methyl sites for hydroxylation is 2. The number of carbonyl (C=O) groups is 1. The Balaban J connectivity index is 2.02. The van der Waals surface area contributed by atoms with Gasteiger partial charge in [-0.1, -0.05) is 0 Å². The van der Waals surface area contributed by atoms with Crippen LogP contribution in [0, 0.1) is 19.8 Å². The summed E-state index contributed by atoms with van der Waals surface area (Å²) in [6.07, 6.45) is 3.24. The number of hydrogen-bond donors (Lipinski definition) is 1. The number of rotatable bonds is 4. The van der Waals surface area contributed by atoms with Crippen molar-refractivity contribution < 1.29 is 9.90 Å². The molecule has 1 aromatic rings. The van der Waals surface area contributed by atoms with Crippen molar-refractivity contribution in [1.29, 1.82) is 0 Å². The van der Waals surface area contributed by atoms with Crippen molar-refractivity contribution in [3.63, 3.8) is 0 Å². The average Bonchev–Trinajstić information content (AvgIpc) is 2.35. The van der Waals surface area contributed by atoms with E-state index in [4.69, 9.17) is 5.11 Å². The SMILES string of the molecule is Cc1cc(N2CCCC(CCC(=O)O)C2)nc(C)n1. The lowest BCUT2D eigenvalue weighted by atomic mass is 9.93. The molecule has 5 nitrogen and oxygen atoms in total. The molecule has 0 amide bonds. The molecule has 1 unspecified atom stereocenters. The van der Waals surface area contributed by atoms with Crippen LogP contribution in [0.2, 0.25) is 0 Å². The van der Waals surface area contributed by atoms with E-state index in [0.717, 1.165) is 49.7 Å². The fourth-order valence-corrected chi connectivity index (χ4v) is 2.70. The first-order valence-corrected chi connectivity index (χ1v) is 6.83. The third-order valence-corrected chi connectivity index (χ3v) is 3.56. The van der Waals surface area contributed by atoms with E-state index in [9.17, 15) is 4.79 Å². The Morgan fingerprint density at radius 3 is 2.95 bits per heavy atom. The molecule has 0 saturated carbocycles. The van der Waals surface area contributed by atoms with Gasteiger partial charge in [-0.15, -0.1) is 0 Å². The number of hydrogen-bond acceptors (Lipinski definition) is 4. The summed E-state index contributed by atoms with van der Waals surface area (Å²) in [6, 6.07) is 2.01. The molecule has 1 saturated heterocycles. The fraction of sp³-hybridized carbons (Fsp3) is 0.643. The van der Waals surface area contributed by atoms with Gasteiger partial charge in [0.1, 0.15) is 11.6 Å². The van der Waals surface area contributed by atoms with Crippen LogP contribution in [0.4, 0.5) is 5.82 Å². The second-order valence-corrected chi connectivity index (χ2v) is 5.30. The minimum Gasteiger partial charge on any atom is -0.481 e. The maximum Gasteiger partial charge on any atom is 0.303 e. The minimum atomic E-state index is -0.703. The average molecular weight is 263 g/mol. The minimum absolute atomic E-state index is 0.264. The van der Waals surface area contributed by atoms with Gasteiger partial charge in [0.25, 0.3) is 0 Å². The normalized spacial score (nSPS) is 19.5. The van der Waals surface area contributed by atoms with Gasteiger partial charge < -0.3 is 10.0 Å². The maximum atomic E-state index is 10.6. The Morgan fingerprint density at radius 1 is 1.47 bits per heavy atom. The lowest BCUT2D eigenvalue weighted by Crippen LogP contribution is -2.36. The zero-order valence-electron chi connectivity index (χ0n) is 11.6. The first-order valence-electron chi connectivity index (χ1n) is 6.83. The molecule has 104 valence electrons. The molecule has 1 aliphatic heterocycles. The highest BCUT2D eigenvalue weighted by atomic mass is 16.4. The summed E-state index contributed by atoms with van der Waals surface area (Å²) < 4.78 is 0. The predicted molar refractivity (Wildman–Crippen MR) is 73.3 cm³/mol. The summed E-state index contributed by atoms with van der Waals surface area (Å²) >= 11 is 0. The van der Waals surface area contributed by atoms with E-state index >= 15 is 0 Å². The summed E-state index contributed by atoms with van der Waals surface area (Å²) in [6.45, 7) is 5.79.